The van der Waals surface area contributed by atoms with E-state index in [1.54, 1.807) is 0 Å². The molecule has 3 nitrogen and oxygen atoms in total. The number of H-pyrrole nitrogens is 1. The number of rotatable bonds is 3. The molecule has 28 heavy (non-hydrogen) atoms. The normalized spacial score (nSPS) is 11.2. The van der Waals surface area contributed by atoms with E-state index in [0.29, 0.717) is 5.46 Å². The van der Waals surface area contributed by atoms with Crippen LogP contribution in [0, 0.1) is 0 Å². The summed E-state index contributed by atoms with van der Waals surface area (Å²) in [6.07, 6.45) is 0. The molecular weight excluding hydrogens is 345 g/mol. The molecule has 0 radical (unpaired) electrons. The van der Waals surface area contributed by atoms with Crippen LogP contribution in [0.25, 0.3) is 44.1 Å². The molecule has 0 aliphatic rings. The Morgan fingerprint density at radius 3 is 2.18 bits per heavy atom. The molecule has 4 heteroatoms. The topological polar surface area (TPSA) is 56.2 Å². The van der Waals surface area contributed by atoms with E-state index < -0.39 is 7.12 Å². The molecular formula is C24H18BNO2. The maximum atomic E-state index is 10.0. The van der Waals surface area contributed by atoms with Crippen LogP contribution in [0.3, 0.4) is 0 Å². The minimum Gasteiger partial charge on any atom is -0.423 e. The SMILES string of the molecule is OB(O)c1cc(-c2cccc3c2[nH]c2ccccc23)ccc1-c1ccccc1. The van der Waals surface area contributed by atoms with Crippen LogP contribution < -0.4 is 5.46 Å². The third-order valence-electron chi connectivity index (χ3n) is 5.27. The second-order valence-electron chi connectivity index (χ2n) is 6.94. The fraction of sp³-hybridized carbons (Fsp3) is 0. The number of hydrogen-bond acceptors (Lipinski definition) is 2. The molecule has 0 unspecified atom stereocenters. The second kappa shape index (κ2) is 6.68. The maximum Gasteiger partial charge on any atom is 0.489 e. The monoisotopic (exact) mass is 363 g/mol. The molecule has 0 saturated carbocycles. The van der Waals surface area contributed by atoms with Gasteiger partial charge >= 0.3 is 7.12 Å². The number of benzene rings is 4. The van der Waals surface area contributed by atoms with Crippen molar-refractivity contribution < 1.29 is 10.0 Å². The van der Waals surface area contributed by atoms with Crippen molar-refractivity contribution in [1.29, 1.82) is 0 Å². The lowest BCUT2D eigenvalue weighted by Gasteiger charge is -2.12. The van der Waals surface area contributed by atoms with E-state index in [1.165, 1.54) is 5.39 Å². The molecule has 5 aromatic rings. The van der Waals surface area contributed by atoms with Gasteiger partial charge in [-0.2, -0.15) is 0 Å². The molecule has 0 spiro atoms. The van der Waals surface area contributed by atoms with E-state index in [9.17, 15) is 10.0 Å². The lowest BCUT2D eigenvalue weighted by Crippen LogP contribution is -2.31. The minimum absolute atomic E-state index is 0.497. The average molecular weight is 363 g/mol. The number of fused-ring (bicyclic) bond motifs is 3. The molecule has 1 heterocycles. The van der Waals surface area contributed by atoms with Crippen LogP contribution in [0.15, 0.2) is 91.0 Å². The minimum atomic E-state index is -1.54. The molecule has 1 aromatic heterocycles. The van der Waals surface area contributed by atoms with Gasteiger partial charge in [-0.1, -0.05) is 84.9 Å². The van der Waals surface area contributed by atoms with Gasteiger partial charge in [0.05, 0.1) is 5.52 Å². The second-order valence-corrected chi connectivity index (χ2v) is 6.94. The summed E-state index contributed by atoms with van der Waals surface area (Å²) in [6, 6.07) is 30.1. The number of para-hydroxylation sites is 2. The van der Waals surface area contributed by atoms with Crippen LogP contribution in [0.5, 0.6) is 0 Å². The van der Waals surface area contributed by atoms with Gasteiger partial charge in [0.2, 0.25) is 0 Å². The van der Waals surface area contributed by atoms with Gasteiger partial charge < -0.3 is 15.0 Å². The molecule has 0 saturated heterocycles. The van der Waals surface area contributed by atoms with Gasteiger partial charge in [0.1, 0.15) is 0 Å². The summed E-state index contributed by atoms with van der Waals surface area (Å²) in [5.74, 6) is 0. The van der Waals surface area contributed by atoms with Gasteiger partial charge in [-0.15, -0.1) is 0 Å². The largest absolute Gasteiger partial charge is 0.489 e. The zero-order valence-electron chi connectivity index (χ0n) is 15.1. The van der Waals surface area contributed by atoms with Crippen molar-refractivity contribution in [3.05, 3.63) is 91.0 Å². The first kappa shape index (κ1) is 16.8. The van der Waals surface area contributed by atoms with Crippen molar-refractivity contribution in [2.45, 2.75) is 0 Å². The summed E-state index contributed by atoms with van der Waals surface area (Å²) in [5, 5.41) is 22.4. The molecule has 0 aliphatic heterocycles. The summed E-state index contributed by atoms with van der Waals surface area (Å²) in [5.41, 5.74) is 6.40. The van der Waals surface area contributed by atoms with Gasteiger partial charge in [0, 0.05) is 21.9 Å². The summed E-state index contributed by atoms with van der Waals surface area (Å²) < 4.78 is 0. The first-order valence-corrected chi connectivity index (χ1v) is 9.28. The van der Waals surface area contributed by atoms with Crippen LogP contribution in [0.2, 0.25) is 0 Å². The standard InChI is InChI=1S/C24H18BNO2/c27-25(28)22-15-17(13-14-18(22)16-7-2-1-3-8-16)19-10-6-11-21-20-9-4-5-12-23(20)26-24(19)21/h1-15,26-28H. The van der Waals surface area contributed by atoms with Crippen LogP contribution in [0.1, 0.15) is 0 Å². The van der Waals surface area contributed by atoms with Crippen LogP contribution in [0.4, 0.5) is 0 Å². The highest BCUT2D eigenvalue weighted by Crippen LogP contribution is 2.33. The number of hydrogen-bond donors (Lipinski definition) is 3. The molecule has 134 valence electrons. The third-order valence-corrected chi connectivity index (χ3v) is 5.27. The average Bonchev–Trinajstić information content (AvgIpc) is 3.13. The lowest BCUT2D eigenvalue weighted by molar-refractivity contribution is 0.426. The Morgan fingerprint density at radius 2 is 1.36 bits per heavy atom. The van der Waals surface area contributed by atoms with E-state index in [2.05, 4.69) is 29.2 Å². The highest BCUT2D eigenvalue weighted by atomic mass is 16.4. The van der Waals surface area contributed by atoms with E-state index in [4.69, 9.17) is 0 Å². The molecule has 0 fully saturated rings. The van der Waals surface area contributed by atoms with Crippen molar-refractivity contribution >= 4 is 34.4 Å². The Balaban J connectivity index is 1.73. The summed E-state index contributed by atoms with van der Waals surface area (Å²) >= 11 is 0. The molecule has 5 rings (SSSR count). The Labute approximate surface area is 163 Å². The van der Waals surface area contributed by atoms with Crippen molar-refractivity contribution in [2.24, 2.45) is 0 Å². The first-order chi connectivity index (χ1) is 13.7. The zero-order chi connectivity index (χ0) is 19.1. The number of aromatic amines is 1. The molecule has 4 aromatic carbocycles. The number of nitrogens with one attached hydrogen (secondary N) is 1. The van der Waals surface area contributed by atoms with Gasteiger partial charge in [0.15, 0.2) is 0 Å². The summed E-state index contributed by atoms with van der Waals surface area (Å²) in [7, 11) is -1.54. The third kappa shape index (κ3) is 2.71. The van der Waals surface area contributed by atoms with Crippen molar-refractivity contribution in [3.8, 4) is 22.3 Å². The highest BCUT2D eigenvalue weighted by molar-refractivity contribution is 6.60. The predicted molar refractivity (Wildman–Crippen MR) is 117 cm³/mol. The van der Waals surface area contributed by atoms with E-state index in [-0.39, 0.29) is 0 Å². The maximum absolute atomic E-state index is 10.0. The van der Waals surface area contributed by atoms with Gasteiger partial charge in [-0.25, -0.2) is 0 Å². The summed E-state index contributed by atoms with van der Waals surface area (Å²) in [4.78, 5) is 3.52. The van der Waals surface area contributed by atoms with Crippen LogP contribution >= 0.6 is 0 Å². The van der Waals surface area contributed by atoms with Crippen molar-refractivity contribution in [2.75, 3.05) is 0 Å². The molecule has 0 atom stereocenters. The fourth-order valence-electron chi connectivity index (χ4n) is 3.94. The van der Waals surface area contributed by atoms with Crippen LogP contribution in [-0.2, 0) is 0 Å². The zero-order valence-corrected chi connectivity index (χ0v) is 15.1. The number of aromatic nitrogens is 1. The van der Waals surface area contributed by atoms with Gasteiger partial charge in [-0.05, 0) is 28.2 Å². The van der Waals surface area contributed by atoms with E-state index in [1.807, 2.05) is 66.7 Å². The lowest BCUT2D eigenvalue weighted by atomic mass is 9.74. The Morgan fingerprint density at radius 1 is 0.607 bits per heavy atom. The Hall–Kier alpha value is -3.34. The van der Waals surface area contributed by atoms with Gasteiger partial charge in [-0.3, -0.25) is 0 Å². The Bertz CT molecular complexity index is 1290. The van der Waals surface area contributed by atoms with Crippen molar-refractivity contribution in [1.82, 2.24) is 4.98 Å². The summed E-state index contributed by atoms with van der Waals surface area (Å²) in [6.45, 7) is 0. The smallest absolute Gasteiger partial charge is 0.423 e. The van der Waals surface area contributed by atoms with Crippen LogP contribution in [-0.4, -0.2) is 22.2 Å². The van der Waals surface area contributed by atoms with Crippen molar-refractivity contribution in [3.63, 3.8) is 0 Å². The Kier molecular flexibility index (Phi) is 4.01. The molecule has 0 bridgehead atoms. The fourth-order valence-corrected chi connectivity index (χ4v) is 3.94. The molecule has 0 aliphatic carbocycles. The van der Waals surface area contributed by atoms with E-state index in [0.717, 1.165) is 38.7 Å². The highest BCUT2D eigenvalue weighted by Gasteiger charge is 2.19. The van der Waals surface area contributed by atoms with Gasteiger partial charge in [0.25, 0.3) is 0 Å². The first-order valence-electron chi connectivity index (χ1n) is 9.28. The van der Waals surface area contributed by atoms with E-state index >= 15 is 0 Å². The predicted octanol–water partition coefficient (Wildman–Crippen LogP) is 4.33. The quantitative estimate of drug-likeness (QED) is 0.418. The molecule has 3 N–H and O–H groups in total. The molecule has 0 amide bonds.